The van der Waals surface area contributed by atoms with Crippen molar-refractivity contribution in [3.05, 3.63) is 47.6 Å². The first kappa shape index (κ1) is 11.0. The summed E-state index contributed by atoms with van der Waals surface area (Å²) in [5.74, 6) is 1.25. The zero-order chi connectivity index (χ0) is 10.6. The van der Waals surface area contributed by atoms with Crippen molar-refractivity contribution in [2.75, 3.05) is 0 Å². The summed E-state index contributed by atoms with van der Waals surface area (Å²) >= 11 is 0. The summed E-state index contributed by atoms with van der Waals surface area (Å²) < 4.78 is 0. The van der Waals surface area contributed by atoms with E-state index < -0.39 is 0 Å². The van der Waals surface area contributed by atoms with Crippen molar-refractivity contribution in [3.8, 4) is 0 Å². The molecule has 0 aromatic rings. The highest BCUT2D eigenvalue weighted by molar-refractivity contribution is 5.36. The van der Waals surface area contributed by atoms with E-state index in [4.69, 9.17) is 0 Å². The molecule has 0 spiro atoms. The van der Waals surface area contributed by atoms with Gasteiger partial charge in [0.05, 0.1) is 0 Å². The maximum absolute atomic E-state index is 2.30. The molecule has 0 aromatic carbocycles. The van der Waals surface area contributed by atoms with E-state index in [9.17, 15) is 0 Å². The van der Waals surface area contributed by atoms with Gasteiger partial charge >= 0.3 is 0 Å². The third-order valence-corrected chi connectivity index (χ3v) is 2.80. The largest absolute Gasteiger partial charge is 0.0764 e. The second-order valence-corrected chi connectivity index (χ2v) is 3.64. The van der Waals surface area contributed by atoms with Crippen molar-refractivity contribution < 1.29 is 0 Å². The first-order valence-electron chi connectivity index (χ1n) is 5.49. The Morgan fingerprint density at radius 1 is 0.786 bits per heavy atom. The van der Waals surface area contributed by atoms with E-state index >= 15 is 0 Å². The van der Waals surface area contributed by atoms with Gasteiger partial charge in [0.25, 0.3) is 0 Å². The van der Waals surface area contributed by atoms with E-state index in [0.29, 0.717) is 11.8 Å². The summed E-state index contributed by atoms with van der Waals surface area (Å²) in [6, 6.07) is 0. The van der Waals surface area contributed by atoms with E-state index in [1.165, 1.54) is 11.1 Å². The maximum atomic E-state index is 2.30. The van der Waals surface area contributed by atoms with Gasteiger partial charge in [-0.2, -0.15) is 0 Å². The Labute approximate surface area is 87.7 Å². The van der Waals surface area contributed by atoms with Gasteiger partial charge in [0.15, 0.2) is 0 Å². The first-order chi connectivity index (χ1) is 6.79. The Hall–Kier alpha value is -1.04. The van der Waals surface area contributed by atoms with Crippen molar-refractivity contribution in [2.45, 2.75) is 27.7 Å². The number of hydrogen-bond acceptors (Lipinski definition) is 0. The average Bonchev–Trinajstić information content (AvgIpc) is 2.27. The molecule has 0 amide bonds. The van der Waals surface area contributed by atoms with Crippen molar-refractivity contribution in [1.29, 1.82) is 0 Å². The fourth-order valence-electron chi connectivity index (χ4n) is 1.96. The lowest BCUT2D eigenvalue weighted by atomic mass is 9.76. The molecule has 0 radical (unpaired) electrons. The van der Waals surface area contributed by atoms with Crippen LogP contribution in [0.5, 0.6) is 0 Å². The van der Waals surface area contributed by atoms with Crippen molar-refractivity contribution >= 4 is 0 Å². The van der Waals surface area contributed by atoms with E-state index in [1.807, 2.05) is 13.8 Å². The summed E-state index contributed by atoms with van der Waals surface area (Å²) in [7, 11) is 0. The van der Waals surface area contributed by atoms with Gasteiger partial charge in [-0.3, -0.25) is 0 Å². The summed E-state index contributed by atoms with van der Waals surface area (Å²) in [5, 5.41) is 0. The fraction of sp³-hybridized carbons (Fsp3) is 0.429. The summed E-state index contributed by atoms with van der Waals surface area (Å²) in [5.41, 5.74) is 2.96. The smallest absolute Gasteiger partial charge is 0.00806 e. The van der Waals surface area contributed by atoms with E-state index in [-0.39, 0.29) is 0 Å². The molecule has 0 aromatic heterocycles. The Morgan fingerprint density at radius 2 is 1.14 bits per heavy atom. The van der Waals surface area contributed by atoms with Crippen molar-refractivity contribution in [2.24, 2.45) is 11.8 Å². The molecule has 0 saturated carbocycles. The minimum atomic E-state index is 0.625. The molecule has 14 heavy (non-hydrogen) atoms. The van der Waals surface area contributed by atoms with Crippen LogP contribution < -0.4 is 0 Å². The van der Waals surface area contributed by atoms with Crippen LogP contribution in [-0.4, -0.2) is 0 Å². The van der Waals surface area contributed by atoms with Crippen LogP contribution in [0.4, 0.5) is 0 Å². The lowest BCUT2D eigenvalue weighted by molar-refractivity contribution is 0.591. The van der Waals surface area contributed by atoms with Gasteiger partial charge in [0.2, 0.25) is 0 Å². The van der Waals surface area contributed by atoms with Crippen LogP contribution in [0.3, 0.4) is 0 Å². The first-order valence-corrected chi connectivity index (χ1v) is 5.49. The van der Waals surface area contributed by atoms with Gasteiger partial charge in [0, 0.05) is 11.8 Å². The molecular weight excluding hydrogens is 168 g/mol. The molecule has 0 aliphatic heterocycles. The zero-order valence-corrected chi connectivity index (χ0v) is 9.62. The fourth-order valence-corrected chi connectivity index (χ4v) is 1.96. The second kappa shape index (κ2) is 4.99. The predicted molar refractivity (Wildman–Crippen MR) is 64.1 cm³/mol. The number of fused-ring (bicyclic) bond motifs is 1. The molecule has 0 heteroatoms. The van der Waals surface area contributed by atoms with Gasteiger partial charge in [-0.05, 0) is 13.8 Å². The van der Waals surface area contributed by atoms with Crippen LogP contribution in [0.1, 0.15) is 27.7 Å². The number of rotatable bonds is 0. The standard InChI is InChI=1S/C12H14.C2H6/c1-9-7-8-10(2)12-6-4-3-5-11(9)12;1-2/h3-8,11-12H,1-2H3;1-2H3. The quantitative estimate of drug-likeness (QED) is 0.532. The third-order valence-electron chi connectivity index (χ3n) is 2.80. The minimum Gasteiger partial charge on any atom is -0.0764 e. The van der Waals surface area contributed by atoms with Crippen LogP contribution >= 0.6 is 0 Å². The zero-order valence-electron chi connectivity index (χ0n) is 9.62. The van der Waals surface area contributed by atoms with E-state index in [2.05, 4.69) is 50.3 Å². The molecular formula is C14H20. The highest BCUT2D eigenvalue weighted by atomic mass is 14.3. The summed E-state index contributed by atoms with van der Waals surface area (Å²) in [6.45, 7) is 8.42. The van der Waals surface area contributed by atoms with Crippen molar-refractivity contribution in [3.63, 3.8) is 0 Å². The molecule has 2 aliphatic carbocycles. The highest BCUT2D eigenvalue weighted by Gasteiger charge is 2.23. The van der Waals surface area contributed by atoms with Crippen LogP contribution in [0.15, 0.2) is 47.6 Å². The van der Waals surface area contributed by atoms with Gasteiger partial charge < -0.3 is 0 Å². The molecule has 76 valence electrons. The molecule has 2 atom stereocenters. The highest BCUT2D eigenvalue weighted by Crippen LogP contribution is 2.34. The predicted octanol–water partition coefficient (Wildman–Crippen LogP) is 4.28. The molecule has 0 heterocycles. The van der Waals surface area contributed by atoms with Gasteiger partial charge in [0.1, 0.15) is 0 Å². The molecule has 0 N–H and O–H groups in total. The summed E-state index contributed by atoms with van der Waals surface area (Å²) in [4.78, 5) is 0. The normalized spacial score (nSPS) is 28.3. The van der Waals surface area contributed by atoms with Gasteiger partial charge in [-0.1, -0.05) is 61.4 Å². The third kappa shape index (κ3) is 2.06. The van der Waals surface area contributed by atoms with Crippen LogP contribution in [-0.2, 0) is 0 Å². The second-order valence-electron chi connectivity index (χ2n) is 3.64. The number of allylic oxidation sites excluding steroid dienone is 8. The molecule has 2 unspecified atom stereocenters. The molecule has 0 fully saturated rings. The van der Waals surface area contributed by atoms with E-state index in [1.54, 1.807) is 0 Å². The Kier molecular flexibility index (Phi) is 3.94. The van der Waals surface area contributed by atoms with E-state index in [0.717, 1.165) is 0 Å². The maximum Gasteiger partial charge on any atom is 0.00806 e. The lowest BCUT2D eigenvalue weighted by Crippen LogP contribution is -2.17. The van der Waals surface area contributed by atoms with Crippen LogP contribution in [0.25, 0.3) is 0 Å². The number of hydrogen-bond donors (Lipinski definition) is 0. The Balaban J connectivity index is 0.000000461. The molecule has 0 nitrogen and oxygen atoms in total. The lowest BCUT2D eigenvalue weighted by Gasteiger charge is -2.28. The average molecular weight is 188 g/mol. The van der Waals surface area contributed by atoms with Crippen molar-refractivity contribution in [1.82, 2.24) is 0 Å². The van der Waals surface area contributed by atoms with Crippen LogP contribution in [0, 0.1) is 11.8 Å². The monoisotopic (exact) mass is 188 g/mol. The molecule has 0 bridgehead atoms. The molecule has 0 saturated heterocycles. The molecule has 2 rings (SSSR count). The topological polar surface area (TPSA) is 0 Å². The SMILES string of the molecule is CC.CC1=CC=C(C)C2C=CC=CC12. The van der Waals surface area contributed by atoms with Gasteiger partial charge in [-0.25, -0.2) is 0 Å². The summed E-state index contributed by atoms with van der Waals surface area (Å²) in [6.07, 6.45) is 13.4. The molecule has 2 aliphatic rings. The Bertz CT molecular complexity index is 268. The van der Waals surface area contributed by atoms with Crippen LogP contribution in [0.2, 0.25) is 0 Å². The van der Waals surface area contributed by atoms with Gasteiger partial charge in [-0.15, -0.1) is 0 Å². The minimum absolute atomic E-state index is 0.625. The Morgan fingerprint density at radius 3 is 1.50 bits per heavy atom.